The maximum atomic E-state index is 9.37. The number of fused-ring (bicyclic) bond motifs is 1. The number of nitrogens with one attached hydrogen (secondary N) is 1. The van der Waals surface area contributed by atoms with Gasteiger partial charge in [-0.15, -0.1) is 0 Å². The molecule has 0 radical (unpaired) electrons. The minimum atomic E-state index is 0.170. The van der Waals surface area contributed by atoms with Gasteiger partial charge in [0, 0.05) is 18.3 Å². The van der Waals surface area contributed by atoms with Crippen LogP contribution < -0.4 is 10.2 Å². The molecule has 0 spiro atoms. The van der Waals surface area contributed by atoms with Gasteiger partial charge in [-0.2, -0.15) is 0 Å². The molecule has 3 rings (SSSR count). The number of aliphatic hydroxyl groups is 1. The molecule has 2 heterocycles. The van der Waals surface area contributed by atoms with Crippen LogP contribution in [0.5, 0.6) is 0 Å². The first kappa shape index (κ1) is 11.1. The Labute approximate surface area is 102 Å². The minimum absolute atomic E-state index is 0.170. The van der Waals surface area contributed by atoms with Crippen LogP contribution in [0.3, 0.4) is 0 Å². The summed E-state index contributed by atoms with van der Waals surface area (Å²) in [6.07, 6.45) is 3.57. The first-order chi connectivity index (χ1) is 8.40. The van der Waals surface area contributed by atoms with Gasteiger partial charge in [-0.05, 0) is 49.5 Å². The molecule has 3 heteroatoms. The number of nitrogens with zero attached hydrogens (tertiary/aromatic N) is 1. The zero-order valence-corrected chi connectivity index (χ0v) is 10.2. The molecule has 0 aliphatic carbocycles. The summed E-state index contributed by atoms with van der Waals surface area (Å²) in [6.45, 7) is 3.56. The molecule has 0 amide bonds. The summed E-state index contributed by atoms with van der Waals surface area (Å²) >= 11 is 0. The second kappa shape index (κ2) is 4.67. The highest BCUT2D eigenvalue weighted by Crippen LogP contribution is 2.33. The van der Waals surface area contributed by atoms with E-state index in [0.717, 1.165) is 31.6 Å². The SMILES string of the molecule is OCc1cccc2c1CCN2C1CCNCC1. The molecule has 2 N–H and O–H groups in total. The molecule has 17 heavy (non-hydrogen) atoms. The van der Waals surface area contributed by atoms with Gasteiger partial charge in [0.2, 0.25) is 0 Å². The number of aliphatic hydroxyl groups excluding tert-OH is 1. The highest BCUT2D eigenvalue weighted by molar-refractivity contribution is 5.61. The number of hydrogen-bond acceptors (Lipinski definition) is 3. The fraction of sp³-hybridized carbons (Fsp3) is 0.571. The third kappa shape index (κ3) is 1.94. The van der Waals surface area contributed by atoms with Gasteiger partial charge in [0.05, 0.1) is 6.61 Å². The van der Waals surface area contributed by atoms with E-state index in [9.17, 15) is 5.11 Å². The molecular formula is C14H20N2O. The van der Waals surface area contributed by atoms with E-state index in [1.165, 1.54) is 24.1 Å². The largest absolute Gasteiger partial charge is 0.392 e. The van der Waals surface area contributed by atoms with E-state index >= 15 is 0 Å². The lowest BCUT2D eigenvalue weighted by Gasteiger charge is -2.33. The highest BCUT2D eigenvalue weighted by atomic mass is 16.3. The average molecular weight is 232 g/mol. The molecule has 2 aliphatic rings. The second-order valence-corrected chi connectivity index (χ2v) is 5.00. The van der Waals surface area contributed by atoms with Crippen molar-refractivity contribution >= 4 is 5.69 Å². The van der Waals surface area contributed by atoms with Crippen LogP contribution in [0.1, 0.15) is 24.0 Å². The zero-order valence-electron chi connectivity index (χ0n) is 10.2. The second-order valence-electron chi connectivity index (χ2n) is 5.00. The Bertz CT molecular complexity index is 399. The van der Waals surface area contributed by atoms with Crippen molar-refractivity contribution in [3.05, 3.63) is 29.3 Å². The van der Waals surface area contributed by atoms with Crippen LogP contribution in [-0.4, -0.2) is 30.8 Å². The first-order valence-corrected chi connectivity index (χ1v) is 6.59. The molecule has 92 valence electrons. The Kier molecular flexibility index (Phi) is 3.04. The van der Waals surface area contributed by atoms with E-state index in [0.29, 0.717) is 6.04 Å². The number of hydrogen-bond donors (Lipinski definition) is 2. The van der Waals surface area contributed by atoms with Crippen molar-refractivity contribution in [3.8, 4) is 0 Å². The summed E-state index contributed by atoms with van der Waals surface area (Å²) in [7, 11) is 0. The van der Waals surface area contributed by atoms with Crippen LogP contribution in [0.15, 0.2) is 18.2 Å². The maximum absolute atomic E-state index is 9.37. The van der Waals surface area contributed by atoms with E-state index in [2.05, 4.69) is 22.3 Å². The van der Waals surface area contributed by atoms with Gasteiger partial charge in [0.15, 0.2) is 0 Å². The zero-order chi connectivity index (χ0) is 11.7. The molecule has 3 nitrogen and oxygen atoms in total. The van der Waals surface area contributed by atoms with Crippen LogP contribution in [0.25, 0.3) is 0 Å². The topological polar surface area (TPSA) is 35.5 Å². The van der Waals surface area contributed by atoms with Gasteiger partial charge in [-0.3, -0.25) is 0 Å². The molecule has 0 atom stereocenters. The molecule has 1 aromatic rings. The molecular weight excluding hydrogens is 212 g/mol. The quantitative estimate of drug-likeness (QED) is 0.806. The Morgan fingerprint density at radius 2 is 2.12 bits per heavy atom. The maximum Gasteiger partial charge on any atom is 0.0685 e. The lowest BCUT2D eigenvalue weighted by atomic mass is 10.0. The number of benzene rings is 1. The summed E-state index contributed by atoms with van der Waals surface area (Å²) in [4.78, 5) is 2.55. The molecule has 1 saturated heterocycles. The van der Waals surface area contributed by atoms with Crippen LogP contribution in [0, 0.1) is 0 Å². The fourth-order valence-electron chi connectivity index (χ4n) is 3.18. The molecule has 0 bridgehead atoms. The Balaban J connectivity index is 1.87. The van der Waals surface area contributed by atoms with E-state index in [4.69, 9.17) is 0 Å². The van der Waals surface area contributed by atoms with Crippen LogP contribution >= 0.6 is 0 Å². The average Bonchev–Trinajstić information content (AvgIpc) is 2.83. The Morgan fingerprint density at radius 1 is 1.29 bits per heavy atom. The van der Waals surface area contributed by atoms with Crippen molar-refractivity contribution < 1.29 is 5.11 Å². The van der Waals surface area contributed by atoms with Crippen molar-refractivity contribution in [2.24, 2.45) is 0 Å². The Morgan fingerprint density at radius 3 is 2.88 bits per heavy atom. The summed E-state index contributed by atoms with van der Waals surface area (Å²) in [5.74, 6) is 0. The van der Waals surface area contributed by atoms with Crippen LogP contribution in [0.2, 0.25) is 0 Å². The standard InChI is InChI=1S/C14H20N2O/c17-10-11-2-1-3-14-13(11)6-9-16(14)12-4-7-15-8-5-12/h1-3,12,15,17H,4-10H2. The van der Waals surface area contributed by atoms with E-state index in [-0.39, 0.29) is 6.61 Å². The summed E-state index contributed by atoms with van der Waals surface area (Å²) in [5, 5.41) is 12.8. The third-order valence-electron chi connectivity index (χ3n) is 4.08. The fourth-order valence-corrected chi connectivity index (χ4v) is 3.18. The minimum Gasteiger partial charge on any atom is -0.392 e. The van der Waals surface area contributed by atoms with E-state index in [1.54, 1.807) is 0 Å². The molecule has 1 aromatic carbocycles. The van der Waals surface area contributed by atoms with Gasteiger partial charge in [-0.1, -0.05) is 12.1 Å². The molecule has 2 aliphatic heterocycles. The molecule has 0 saturated carbocycles. The Hall–Kier alpha value is -1.06. The van der Waals surface area contributed by atoms with Gasteiger partial charge in [-0.25, -0.2) is 0 Å². The lowest BCUT2D eigenvalue weighted by Crippen LogP contribution is -2.42. The first-order valence-electron chi connectivity index (χ1n) is 6.59. The molecule has 0 unspecified atom stereocenters. The monoisotopic (exact) mass is 232 g/mol. The smallest absolute Gasteiger partial charge is 0.0685 e. The van der Waals surface area contributed by atoms with Crippen molar-refractivity contribution in [1.82, 2.24) is 5.32 Å². The van der Waals surface area contributed by atoms with Crippen LogP contribution in [-0.2, 0) is 13.0 Å². The summed E-state index contributed by atoms with van der Waals surface area (Å²) in [6, 6.07) is 7.02. The summed E-state index contributed by atoms with van der Waals surface area (Å²) < 4.78 is 0. The summed E-state index contributed by atoms with van der Waals surface area (Å²) in [5.41, 5.74) is 3.84. The normalized spacial score (nSPS) is 20.6. The molecule has 1 fully saturated rings. The number of rotatable bonds is 2. The van der Waals surface area contributed by atoms with Crippen molar-refractivity contribution in [2.75, 3.05) is 24.5 Å². The van der Waals surface area contributed by atoms with Crippen LogP contribution in [0.4, 0.5) is 5.69 Å². The van der Waals surface area contributed by atoms with Crippen molar-refractivity contribution in [1.29, 1.82) is 0 Å². The van der Waals surface area contributed by atoms with E-state index in [1.807, 2.05) is 6.07 Å². The van der Waals surface area contributed by atoms with Gasteiger partial charge < -0.3 is 15.3 Å². The third-order valence-corrected chi connectivity index (χ3v) is 4.08. The van der Waals surface area contributed by atoms with Gasteiger partial charge in [0.1, 0.15) is 0 Å². The lowest BCUT2D eigenvalue weighted by molar-refractivity contribution is 0.281. The number of piperidine rings is 1. The predicted molar refractivity (Wildman–Crippen MR) is 69.3 cm³/mol. The predicted octanol–water partition coefficient (Wildman–Crippen LogP) is 1.29. The van der Waals surface area contributed by atoms with Crippen molar-refractivity contribution in [3.63, 3.8) is 0 Å². The number of anilines is 1. The molecule has 0 aromatic heterocycles. The van der Waals surface area contributed by atoms with Crippen molar-refractivity contribution in [2.45, 2.75) is 31.9 Å². The van der Waals surface area contributed by atoms with E-state index < -0.39 is 0 Å². The highest BCUT2D eigenvalue weighted by Gasteiger charge is 2.28. The van der Waals surface area contributed by atoms with Gasteiger partial charge in [0.25, 0.3) is 0 Å². The van der Waals surface area contributed by atoms with Gasteiger partial charge >= 0.3 is 0 Å².